The molecule has 11 nitrogen and oxygen atoms in total. The molecular formula is C26H29FN4O7S2. The van der Waals surface area contributed by atoms with Crippen LogP contribution in [-0.4, -0.2) is 81.4 Å². The highest BCUT2D eigenvalue weighted by atomic mass is 32.2. The van der Waals surface area contributed by atoms with E-state index < -0.39 is 31.6 Å². The Kier molecular flexibility index (Phi) is 8.61. The van der Waals surface area contributed by atoms with Crippen LogP contribution in [0.15, 0.2) is 40.3 Å². The molecule has 14 heteroatoms. The van der Waals surface area contributed by atoms with Crippen LogP contribution in [0.4, 0.5) is 4.39 Å². The molecule has 1 aliphatic rings. The van der Waals surface area contributed by atoms with Gasteiger partial charge in [-0.25, -0.2) is 17.8 Å². The number of aromatic nitrogens is 3. The summed E-state index contributed by atoms with van der Waals surface area (Å²) in [5.74, 6) is -0.856. The second-order valence-corrected chi connectivity index (χ2v) is 13.0. The van der Waals surface area contributed by atoms with Crippen molar-refractivity contribution in [1.29, 1.82) is 0 Å². The first-order valence-corrected chi connectivity index (χ1v) is 15.2. The number of carbonyl (C=O) groups is 3. The zero-order chi connectivity index (χ0) is 29.4. The SMILES string of the molecule is Cc1c(C(=O)SC(C=O)Cc2ccc(F)cc2S(C)(=O)=O)nc2n(CC(=O)N3CC(C)OC(C)C3)ccn2c1=O. The van der Waals surface area contributed by atoms with Gasteiger partial charge in [-0.1, -0.05) is 17.8 Å². The van der Waals surface area contributed by atoms with Gasteiger partial charge in [-0.2, -0.15) is 0 Å². The molecule has 1 aromatic carbocycles. The summed E-state index contributed by atoms with van der Waals surface area (Å²) in [5.41, 5.74) is -0.446. The van der Waals surface area contributed by atoms with Crippen LogP contribution in [0, 0.1) is 12.7 Å². The lowest BCUT2D eigenvalue weighted by Crippen LogP contribution is -2.49. The number of sulfone groups is 1. The minimum Gasteiger partial charge on any atom is -0.372 e. The van der Waals surface area contributed by atoms with Crippen LogP contribution >= 0.6 is 11.8 Å². The van der Waals surface area contributed by atoms with Crippen molar-refractivity contribution in [3.63, 3.8) is 0 Å². The van der Waals surface area contributed by atoms with Crippen molar-refractivity contribution in [2.45, 2.75) is 56.1 Å². The molecule has 214 valence electrons. The van der Waals surface area contributed by atoms with Crippen LogP contribution in [0.1, 0.15) is 35.5 Å². The van der Waals surface area contributed by atoms with Crippen molar-refractivity contribution < 1.29 is 31.9 Å². The fourth-order valence-corrected chi connectivity index (χ4v) is 6.54. The molecule has 1 saturated heterocycles. The lowest BCUT2D eigenvalue weighted by atomic mass is 10.1. The molecule has 0 radical (unpaired) electrons. The van der Waals surface area contributed by atoms with Gasteiger partial charge < -0.3 is 19.0 Å². The van der Waals surface area contributed by atoms with E-state index in [0.717, 1.165) is 18.4 Å². The number of thioether (sulfide) groups is 1. The number of fused-ring (bicyclic) bond motifs is 1. The zero-order valence-corrected chi connectivity index (χ0v) is 24.0. The van der Waals surface area contributed by atoms with Crippen LogP contribution in [0.25, 0.3) is 5.78 Å². The maximum absolute atomic E-state index is 13.7. The smallest absolute Gasteiger partial charge is 0.262 e. The van der Waals surface area contributed by atoms with Gasteiger partial charge in [0.05, 0.1) is 22.4 Å². The summed E-state index contributed by atoms with van der Waals surface area (Å²) in [6, 6.07) is 3.20. The monoisotopic (exact) mass is 592 g/mol. The van der Waals surface area contributed by atoms with Gasteiger partial charge in [-0.3, -0.25) is 18.8 Å². The zero-order valence-electron chi connectivity index (χ0n) is 22.4. The molecule has 0 bridgehead atoms. The van der Waals surface area contributed by atoms with E-state index in [1.165, 1.54) is 34.4 Å². The maximum Gasteiger partial charge on any atom is 0.262 e. The summed E-state index contributed by atoms with van der Waals surface area (Å²) in [4.78, 5) is 56.9. The van der Waals surface area contributed by atoms with E-state index in [1.54, 1.807) is 4.90 Å². The van der Waals surface area contributed by atoms with Crippen molar-refractivity contribution in [3.8, 4) is 0 Å². The molecule has 2 aromatic heterocycles. The Bertz CT molecular complexity index is 1640. The lowest BCUT2D eigenvalue weighted by Gasteiger charge is -2.35. The summed E-state index contributed by atoms with van der Waals surface area (Å²) in [6.45, 7) is 5.94. The number of morpholine rings is 1. The van der Waals surface area contributed by atoms with E-state index in [2.05, 4.69) is 4.98 Å². The largest absolute Gasteiger partial charge is 0.372 e. The van der Waals surface area contributed by atoms with E-state index >= 15 is 0 Å². The molecule has 0 spiro atoms. The third-order valence-electron chi connectivity index (χ3n) is 6.51. The number of nitrogens with zero attached hydrogens (tertiary/aromatic N) is 4. The highest BCUT2D eigenvalue weighted by molar-refractivity contribution is 8.15. The molecule has 1 fully saturated rings. The van der Waals surface area contributed by atoms with Crippen LogP contribution in [0.5, 0.6) is 0 Å². The highest BCUT2D eigenvalue weighted by Gasteiger charge is 2.28. The lowest BCUT2D eigenvalue weighted by molar-refractivity contribution is -0.143. The Balaban J connectivity index is 1.59. The Labute approximate surface area is 234 Å². The van der Waals surface area contributed by atoms with Crippen molar-refractivity contribution >= 4 is 44.7 Å². The fraction of sp³-hybridized carbons (Fsp3) is 0.423. The predicted molar refractivity (Wildman–Crippen MR) is 146 cm³/mol. The number of halogens is 1. The number of hydrogen-bond acceptors (Lipinski definition) is 9. The van der Waals surface area contributed by atoms with E-state index in [1.807, 2.05) is 13.8 Å². The van der Waals surface area contributed by atoms with Gasteiger partial charge in [-0.15, -0.1) is 0 Å². The average Bonchev–Trinajstić information content (AvgIpc) is 3.27. The number of benzene rings is 1. The predicted octanol–water partition coefficient (Wildman–Crippen LogP) is 1.67. The Morgan fingerprint density at radius 2 is 1.90 bits per heavy atom. The molecule has 4 rings (SSSR count). The third-order valence-corrected chi connectivity index (χ3v) is 8.67. The minimum atomic E-state index is -3.80. The maximum atomic E-state index is 13.7. The molecule has 0 saturated carbocycles. The van der Waals surface area contributed by atoms with E-state index in [4.69, 9.17) is 4.74 Å². The first-order valence-electron chi connectivity index (χ1n) is 12.4. The number of carbonyl (C=O) groups excluding carboxylic acids is 3. The Morgan fingerprint density at radius 3 is 2.52 bits per heavy atom. The van der Waals surface area contributed by atoms with Crippen LogP contribution in [-0.2, 0) is 37.1 Å². The fourth-order valence-electron chi connectivity index (χ4n) is 4.68. The molecule has 1 amide bonds. The third kappa shape index (κ3) is 6.34. The average molecular weight is 593 g/mol. The summed E-state index contributed by atoms with van der Waals surface area (Å²) < 4.78 is 46.4. The molecule has 1 aliphatic heterocycles. The highest BCUT2D eigenvalue weighted by Crippen LogP contribution is 2.25. The van der Waals surface area contributed by atoms with E-state index in [-0.39, 0.29) is 58.6 Å². The van der Waals surface area contributed by atoms with Gasteiger partial charge in [0.25, 0.3) is 5.56 Å². The van der Waals surface area contributed by atoms with Crippen LogP contribution in [0.3, 0.4) is 0 Å². The molecule has 0 N–H and O–H groups in total. The van der Waals surface area contributed by atoms with Gasteiger partial charge >= 0.3 is 0 Å². The number of imidazole rings is 1. The van der Waals surface area contributed by atoms with Crippen molar-refractivity contribution in [1.82, 2.24) is 18.9 Å². The van der Waals surface area contributed by atoms with Gasteiger partial charge in [0.15, 0.2) is 9.84 Å². The number of rotatable bonds is 8. The van der Waals surface area contributed by atoms with Crippen molar-refractivity contribution in [2.75, 3.05) is 19.3 Å². The molecule has 0 aliphatic carbocycles. The van der Waals surface area contributed by atoms with Gasteiger partial charge in [-0.05, 0) is 44.9 Å². The van der Waals surface area contributed by atoms with Crippen molar-refractivity contribution in [2.24, 2.45) is 0 Å². The van der Waals surface area contributed by atoms with Gasteiger partial charge in [0.2, 0.25) is 16.8 Å². The Morgan fingerprint density at radius 1 is 1.23 bits per heavy atom. The number of ether oxygens (including phenoxy) is 1. The van der Waals surface area contributed by atoms with Crippen molar-refractivity contribution in [3.05, 3.63) is 63.6 Å². The standard InChI is InChI=1S/C26H29FN4O7S2/c1-15-11-30(12-16(2)38-15)22(33)13-29-7-8-31-24(34)17(3)23(28-26(29)31)25(35)39-20(14-32)9-18-5-6-19(27)10-21(18)40(4,36)37/h5-8,10,14-16,20H,9,11-13H2,1-4H3. The molecule has 3 aromatic rings. The summed E-state index contributed by atoms with van der Waals surface area (Å²) in [6.07, 6.45) is 4.02. The topological polar surface area (TPSA) is 137 Å². The number of amides is 1. The normalized spacial score (nSPS) is 18.6. The summed E-state index contributed by atoms with van der Waals surface area (Å²) >= 11 is 0.589. The van der Waals surface area contributed by atoms with Gasteiger partial charge in [0, 0.05) is 37.3 Å². The first-order chi connectivity index (χ1) is 18.8. The quantitative estimate of drug-likeness (QED) is 0.358. The summed E-state index contributed by atoms with van der Waals surface area (Å²) in [7, 11) is -3.80. The van der Waals surface area contributed by atoms with E-state index in [9.17, 15) is 32.0 Å². The number of aldehydes is 1. The first kappa shape index (κ1) is 29.6. The van der Waals surface area contributed by atoms with Crippen LogP contribution in [0.2, 0.25) is 0 Å². The Hall–Kier alpha value is -3.36. The second kappa shape index (κ2) is 11.6. The molecule has 3 heterocycles. The molecular weight excluding hydrogens is 563 g/mol. The summed E-state index contributed by atoms with van der Waals surface area (Å²) in [5, 5.41) is -1.70. The van der Waals surface area contributed by atoms with Gasteiger partial charge in [0.1, 0.15) is 24.3 Å². The molecule has 3 unspecified atom stereocenters. The number of hydrogen-bond donors (Lipinski definition) is 0. The molecule has 3 atom stereocenters. The minimum absolute atomic E-state index is 0.0539. The molecule has 40 heavy (non-hydrogen) atoms. The van der Waals surface area contributed by atoms with Crippen LogP contribution < -0.4 is 5.56 Å². The van der Waals surface area contributed by atoms with E-state index in [0.29, 0.717) is 31.1 Å². The second-order valence-electron chi connectivity index (χ2n) is 9.85.